The summed E-state index contributed by atoms with van der Waals surface area (Å²) in [7, 11) is 0. The van der Waals surface area contributed by atoms with E-state index >= 15 is 0 Å². The van der Waals surface area contributed by atoms with Gasteiger partial charge in [0.05, 0.1) is 4.83 Å². The molecule has 0 spiro atoms. The van der Waals surface area contributed by atoms with Crippen molar-refractivity contribution in [2.24, 2.45) is 0 Å². The zero-order chi connectivity index (χ0) is 5.86. The third-order valence-corrected chi connectivity index (χ3v) is 1.30. The quantitative estimate of drug-likeness (QED) is 0.569. The largest absolute Gasteiger partial charge is 0.298 e. The van der Waals surface area contributed by atoms with E-state index < -0.39 is 0 Å². The minimum absolute atomic E-state index is 0.0394. The first kappa shape index (κ1) is 7.15. The number of carbonyl (C=O) groups is 1. The second-order valence-corrected chi connectivity index (χ2v) is 2.81. The minimum atomic E-state index is 0.0394. The van der Waals surface area contributed by atoms with Crippen molar-refractivity contribution in [3.05, 3.63) is 0 Å². The molecule has 0 saturated carbocycles. The molecule has 0 N–H and O–H groups in total. The van der Waals surface area contributed by atoms with Gasteiger partial charge >= 0.3 is 0 Å². The monoisotopic (exact) mass is 164 g/mol. The van der Waals surface area contributed by atoms with Crippen LogP contribution in [-0.4, -0.2) is 10.6 Å². The summed E-state index contributed by atoms with van der Waals surface area (Å²) >= 11 is 3.15. The molecule has 7 heavy (non-hydrogen) atoms. The first-order valence-electron chi connectivity index (χ1n) is 2.35. The number of Topliss-reactive ketones (excluding diaryl/α,β-unsaturated/α-hetero) is 1. The fourth-order valence-corrected chi connectivity index (χ4v) is 0.605. The maximum absolute atomic E-state index is 10.5. The van der Waals surface area contributed by atoms with Gasteiger partial charge in [-0.3, -0.25) is 4.79 Å². The number of carbonyl (C=O) groups excluding carboxylic acids is 1. The van der Waals surface area contributed by atoms with Crippen LogP contribution in [0.5, 0.6) is 0 Å². The first-order valence-corrected chi connectivity index (χ1v) is 3.26. The highest BCUT2D eigenvalue weighted by Gasteiger charge is 2.02. The Hall–Kier alpha value is 0.150. The van der Waals surface area contributed by atoms with Crippen molar-refractivity contribution >= 4 is 21.7 Å². The molecule has 0 unspecified atom stereocenters. The molecule has 0 bridgehead atoms. The van der Waals surface area contributed by atoms with Crippen LogP contribution in [0.25, 0.3) is 0 Å². The number of ketones is 1. The molecule has 0 fully saturated rings. The minimum Gasteiger partial charge on any atom is -0.298 e. The van der Waals surface area contributed by atoms with Gasteiger partial charge in [-0.15, -0.1) is 0 Å². The van der Waals surface area contributed by atoms with Crippen molar-refractivity contribution in [1.82, 2.24) is 0 Å². The molecular weight excluding hydrogens is 156 g/mol. The van der Waals surface area contributed by atoms with Crippen LogP contribution < -0.4 is 0 Å². The Kier molecular flexibility index (Phi) is 3.26. The number of hydrogen-bond acceptors (Lipinski definition) is 1. The summed E-state index contributed by atoms with van der Waals surface area (Å²) < 4.78 is 0. The summed E-state index contributed by atoms with van der Waals surface area (Å²) in [6, 6.07) is 0. The van der Waals surface area contributed by atoms with Gasteiger partial charge in [0.2, 0.25) is 0 Å². The smallest absolute Gasteiger partial charge is 0.145 e. The van der Waals surface area contributed by atoms with E-state index in [2.05, 4.69) is 15.9 Å². The fourth-order valence-electron chi connectivity index (χ4n) is 0.281. The standard InChI is InChI=1S/C5H9BrO/c1-3-5(7)4(2)6/h4H,3H2,1-2H3/t4-/m1/s1. The maximum atomic E-state index is 10.5. The zero-order valence-electron chi connectivity index (χ0n) is 4.57. The summed E-state index contributed by atoms with van der Waals surface area (Å²) in [5, 5.41) is 0. The van der Waals surface area contributed by atoms with Gasteiger partial charge in [0, 0.05) is 6.42 Å². The van der Waals surface area contributed by atoms with Crippen molar-refractivity contribution in [1.29, 1.82) is 0 Å². The lowest BCUT2D eigenvalue weighted by Gasteiger charge is -1.93. The van der Waals surface area contributed by atoms with Crippen molar-refractivity contribution in [2.75, 3.05) is 0 Å². The third kappa shape index (κ3) is 2.80. The number of hydrogen-bond donors (Lipinski definition) is 0. The van der Waals surface area contributed by atoms with Crippen LogP contribution >= 0.6 is 15.9 Å². The number of rotatable bonds is 2. The predicted octanol–water partition coefficient (Wildman–Crippen LogP) is 1.75. The summed E-state index contributed by atoms with van der Waals surface area (Å²) in [6.45, 7) is 3.70. The summed E-state index contributed by atoms with van der Waals surface area (Å²) in [6.07, 6.45) is 0.631. The molecule has 0 aliphatic heterocycles. The van der Waals surface area contributed by atoms with Crippen molar-refractivity contribution < 1.29 is 4.79 Å². The predicted molar refractivity (Wildman–Crippen MR) is 33.7 cm³/mol. The Bertz CT molecular complexity index is 68.5. The van der Waals surface area contributed by atoms with Gasteiger partial charge in [0.25, 0.3) is 0 Å². The first-order chi connectivity index (χ1) is 3.18. The average Bonchev–Trinajstić information content (AvgIpc) is 1.65. The molecule has 0 heterocycles. The second-order valence-electron chi connectivity index (χ2n) is 1.44. The molecule has 0 aromatic rings. The average molecular weight is 165 g/mol. The molecule has 0 aromatic carbocycles. The van der Waals surface area contributed by atoms with E-state index in [1.807, 2.05) is 13.8 Å². The van der Waals surface area contributed by atoms with Gasteiger partial charge in [-0.05, 0) is 6.92 Å². The molecular formula is C5H9BrO. The van der Waals surface area contributed by atoms with Crippen LogP contribution in [0.15, 0.2) is 0 Å². The van der Waals surface area contributed by atoms with E-state index in [0.29, 0.717) is 6.42 Å². The lowest BCUT2D eigenvalue weighted by atomic mass is 10.2. The molecule has 42 valence electrons. The molecule has 1 nitrogen and oxygen atoms in total. The van der Waals surface area contributed by atoms with Gasteiger partial charge in [-0.25, -0.2) is 0 Å². The van der Waals surface area contributed by atoms with Gasteiger partial charge in [0.15, 0.2) is 0 Å². The van der Waals surface area contributed by atoms with Crippen LogP contribution in [0.3, 0.4) is 0 Å². The lowest BCUT2D eigenvalue weighted by Crippen LogP contribution is -2.06. The molecule has 2 heteroatoms. The number of halogens is 1. The van der Waals surface area contributed by atoms with Crippen molar-refractivity contribution in [3.63, 3.8) is 0 Å². The zero-order valence-corrected chi connectivity index (χ0v) is 6.16. The molecule has 0 saturated heterocycles. The Morgan fingerprint density at radius 2 is 2.29 bits per heavy atom. The van der Waals surface area contributed by atoms with Crippen LogP contribution in [0.1, 0.15) is 20.3 Å². The fraction of sp³-hybridized carbons (Fsp3) is 0.800. The van der Waals surface area contributed by atoms with Gasteiger partial charge in [-0.1, -0.05) is 22.9 Å². The van der Waals surface area contributed by atoms with Gasteiger partial charge in [0.1, 0.15) is 5.78 Å². The lowest BCUT2D eigenvalue weighted by molar-refractivity contribution is -0.117. The summed E-state index contributed by atoms with van der Waals surface area (Å²) in [4.78, 5) is 10.5. The molecule has 0 amide bonds. The van der Waals surface area contributed by atoms with Crippen LogP contribution in [0.2, 0.25) is 0 Å². The van der Waals surface area contributed by atoms with E-state index in [1.54, 1.807) is 0 Å². The molecule has 1 atom stereocenters. The summed E-state index contributed by atoms with van der Waals surface area (Å²) in [5.74, 6) is 0.264. The summed E-state index contributed by atoms with van der Waals surface area (Å²) in [5.41, 5.74) is 0. The Morgan fingerprint density at radius 1 is 1.86 bits per heavy atom. The Morgan fingerprint density at radius 3 is 2.29 bits per heavy atom. The molecule has 0 rings (SSSR count). The molecule has 0 aliphatic carbocycles. The highest BCUT2D eigenvalue weighted by molar-refractivity contribution is 9.10. The molecule has 0 aromatic heterocycles. The van der Waals surface area contributed by atoms with E-state index in [1.165, 1.54) is 0 Å². The topological polar surface area (TPSA) is 17.1 Å². The van der Waals surface area contributed by atoms with Gasteiger partial charge in [-0.2, -0.15) is 0 Å². The number of alkyl halides is 1. The van der Waals surface area contributed by atoms with E-state index in [0.717, 1.165) is 0 Å². The van der Waals surface area contributed by atoms with E-state index in [4.69, 9.17) is 0 Å². The molecule has 0 aliphatic rings. The van der Waals surface area contributed by atoms with Crippen molar-refractivity contribution in [2.45, 2.75) is 25.1 Å². The van der Waals surface area contributed by atoms with Crippen LogP contribution in [0.4, 0.5) is 0 Å². The highest BCUT2D eigenvalue weighted by Crippen LogP contribution is 2.00. The van der Waals surface area contributed by atoms with Crippen molar-refractivity contribution in [3.8, 4) is 0 Å². The Balaban J connectivity index is 3.35. The van der Waals surface area contributed by atoms with Gasteiger partial charge < -0.3 is 0 Å². The second kappa shape index (κ2) is 3.19. The normalized spacial score (nSPS) is 13.6. The maximum Gasteiger partial charge on any atom is 0.145 e. The van der Waals surface area contributed by atoms with Crippen LogP contribution in [-0.2, 0) is 4.79 Å². The van der Waals surface area contributed by atoms with Crippen LogP contribution in [0, 0.1) is 0 Å². The SMILES string of the molecule is CCC(=O)[C@@H](C)Br. The molecule has 0 radical (unpaired) electrons. The Labute approximate surface area is 52.2 Å². The third-order valence-electron chi connectivity index (χ3n) is 0.792. The highest BCUT2D eigenvalue weighted by atomic mass is 79.9. The van der Waals surface area contributed by atoms with E-state index in [-0.39, 0.29) is 10.6 Å². The van der Waals surface area contributed by atoms with E-state index in [9.17, 15) is 4.79 Å².